The summed E-state index contributed by atoms with van der Waals surface area (Å²) in [6, 6.07) is 3.73. The summed E-state index contributed by atoms with van der Waals surface area (Å²) >= 11 is 6.49. The highest BCUT2D eigenvalue weighted by Gasteiger charge is 2.39. The van der Waals surface area contributed by atoms with Crippen LogP contribution in [0, 0.1) is 0 Å². The molecule has 0 fully saturated rings. The summed E-state index contributed by atoms with van der Waals surface area (Å²) in [5.74, 6) is -1.87. The quantitative estimate of drug-likeness (QED) is 0.246. The first-order valence-electron chi connectivity index (χ1n) is 12.1. The van der Waals surface area contributed by atoms with Gasteiger partial charge in [0.05, 0.1) is 30.3 Å². The van der Waals surface area contributed by atoms with Gasteiger partial charge < -0.3 is 30.3 Å². The molecule has 4 rings (SSSR count). The van der Waals surface area contributed by atoms with Gasteiger partial charge in [0.2, 0.25) is 0 Å². The Balaban J connectivity index is 0.000000436. The first-order chi connectivity index (χ1) is 18.0. The lowest BCUT2D eigenvalue weighted by Gasteiger charge is -2.37. The zero-order valence-corrected chi connectivity index (χ0v) is 22.3. The average molecular weight is 547 g/mol. The first kappa shape index (κ1) is 28.6. The molecule has 2 aliphatic heterocycles. The number of carbonyl (C=O) groups is 3. The monoisotopic (exact) mass is 546 g/mol. The van der Waals surface area contributed by atoms with E-state index in [9.17, 15) is 14.4 Å². The van der Waals surface area contributed by atoms with Gasteiger partial charge in [0.25, 0.3) is 0 Å². The van der Waals surface area contributed by atoms with Crippen molar-refractivity contribution in [3.8, 4) is 5.75 Å². The predicted octanol–water partition coefficient (Wildman–Crippen LogP) is 4.53. The maximum absolute atomic E-state index is 13.1. The van der Waals surface area contributed by atoms with E-state index < -0.39 is 23.5 Å². The second kappa shape index (κ2) is 12.0. The molecule has 5 N–H and O–H groups in total. The van der Waals surface area contributed by atoms with Crippen molar-refractivity contribution in [2.45, 2.75) is 52.1 Å². The fourth-order valence-electron chi connectivity index (χ4n) is 4.22. The summed E-state index contributed by atoms with van der Waals surface area (Å²) in [5.41, 5.74) is 3.48. The fourth-order valence-corrected chi connectivity index (χ4v) is 4.44. The number of fused-ring (bicyclic) bond motifs is 2. The number of carboxylic acid groups (broad SMARTS) is 2. The van der Waals surface area contributed by atoms with Crippen LogP contribution in [0.25, 0.3) is 0 Å². The Bertz CT molecular complexity index is 1270. The minimum absolute atomic E-state index is 0.297. The van der Waals surface area contributed by atoms with Crippen LogP contribution >= 0.6 is 11.6 Å². The lowest BCUT2D eigenvalue weighted by atomic mass is 9.81. The third-order valence-corrected chi connectivity index (χ3v) is 5.92. The molecule has 0 radical (unpaired) electrons. The minimum Gasteiger partial charge on any atom is -0.484 e. The van der Waals surface area contributed by atoms with Crippen molar-refractivity contribution in [1.29, 1.82) is 0 Å². The molecule has 12 heteroatoms. The number of rotatable bonds is 7. The third-order valence-electron chi connectivity index (χ3n) is 5.70. The van der Waals surface area contributed by atoms with Crippen LogP contribution in [-0.4, -0.2) is 57.1 Å². The van der Waals surface area contributed by atoms with Gasteiger partial charge in [-0.3, -0.25) is 5.10 Å². The SMILES string of the molecule is CCCC1=C(C(=O)OCC)C(c2cc(Cl)cc3c2OC(C)(C)CN3)c2c[nH]nc2N1.O=C(O)/C=C\C(=O)O. The number of benzene rings is 1. The van der Waals surface area contributed by atoms with Crippen LogP contribution in [0.5, 0.6) is 5.75 Å². The number of allylic oxidation sites excluding steroid dienone is 1. The lowest BCUT2D eigenvalue weighted by molar-refractivity contribution is -0.139. The Labute approximate surface area is 224 Å². The molecule has 0 amide bonds. The molecule has 1 unspecified atom stereocenters. The van der Waals surface area contributed by atoms with Crippen LogP contribution in [0.3, 0.4) is 0 Å². The van der Waals surface area contributed by atoms with Gasteiger partial charge in [0, 0.05) is 40.2 Å². The van der Waals surface area contributed by atoms with E-state index in [4.69, 9.17) is 31.3 Å². The summed E-state index contributed by atoms with van der Waals surface area (Å²) in [7, 11) is 0. The van der Waals surface area contributed by atoms with Gasteiger partial charge in [-0.15, -0.1) is 0 Å². The predicted molar refractivity (Wildman–Crippen MR) is 142 cm³/mol. The van der Waals surface area contributed by atoms with Gasteiger partial charge in [-0.25, -0.2) is 14.4 Å². The molecule has 0 bridgehead atoms. The molecular weight excluding hydrogens is 516 g/mol. The zero-order chi connectivity index (χ0) is 28.0. The van der Waals surface area contributed by atoms with Crippen molar-refractivity contribution in [2.75, 3.05) is 23.8 Å². The number of aromatic nitrogens is 2. The molecule has 38 heavy (non-hydrogen) atoms. The van der Waals surface area contributed by atoms with Gasteiger partial charge in [-0.1, -0.05) is 24.9 Å². The molecule has 0 saturated heterocycles. The number of nitrogens with one attached hydrogen (secondary N) is 3. The number of nitrogens with zero attached hydrogens (tertiary/aromatic N) is 1. The molecular formula is C26H31ClN4O7. The van der Waals surface area contributed by atoms with E-state index in [0.29, 0.717) is 53.9 Å². The molecule has 0 aliphatic carbocycles. The van der Waals surface area contributed by atoms with Crippen molar-refractivity contribution in [3.63, 3.8) is 0 Å². The zero-order valence-electron chi connectivity index (χ0n) is 21.6. The number of ether oxygens (including phenoxy) is 2. The Morgan fingerprint density at radius 3 is 2.47 bits per heavy atom. The van der Waals surface area contributed by atoms with Gasteiger partial charge >= 0.3 is 17.9 Å². The van der Waals surface area contributed by atoms with Crippen LogP contribution < -0.4 is 15.4 Å². The highest BCUT2D eigenvalue weighted by atomic mass is 35.5. The number of anilines is 2. The molecule has 11 nitrogen and oxygen atoms in total. The summed E-state index contributed by atoms with van der Waals surface area (Å²) in [4.78, 5) is 32.2. The summed E-state index contributed by atoms with van der Waals surface area (Å²) < 4.78 is 11.8. The Hall–Kier alpha value is -3.99. The van der Waals surface area contributed by atoms with Crippen molar-refractivity contribution >= 4 is 41.0 Å². The van der Waals surface area contributed by atoms with E-state index in [1.54, 1.807) is 0 Å². The topological polar surface area (TPSA) is 163 Å². The van der Waals surface area contributed by atoms with E-state index in [2.05, 4.69) is 27.8 Å². The van der Waals surface area contributed by atoms with Crippen LogP contribution in [-0.2, 0) is 19.1 Å². The Morgan fingerprint density at radius 1 is 1.18 bits per heavy atom. The second-order valence-electron chi connectivity index (χ2n) is 9.21. The summed E-state index contributed by atoms with van der Waals surface area (Å²) in [6.07, 6.45) is 4.50. The minimum atomic E-state index is -1.26. The van der Waals surface area contributed by atoms with Crippen LogP contribution in [0.4, 0.5) is 11.5 Å². The van der Waals surface area contributed by atoms with E-state index in [0.717, 1.165) is 28.9 Å². The van der Waals surface area contributed by atoms with Gasteiger partial charge in [0.1, 0.15) is 11.4 Å². The highest BCUT2D eigenvalue weighted by molar-refractivity contribution is 6.31. The van der Waals surface area contributed by atoms with Crippen LogP contribution in [0.15, 0.2) is 41.8 Å². The van der Waals surface area contributed by atoms with Crippen molar-refractivity contribution in [3.05, 3.63) is 57.9 Å². The average Bonchev–Trinajstić information content (AvgIpc) is 3.30. The second-order valence-corrected chi connectivity index (χ2v) is 9.64. The smallest absolute Gasteiger partial charge is 0.336 e. The number of hydrogen-bond donors (Lipinski definition) is 5. The number of carbonyl (C=O) groups excluding carboxylic acids is 1. The molecule has 0 saturated carbocycles. The largest absolute Gasteiger partial charge is 0.484 e. The van der Waals surface area contributed by atoms with E-state index in [-0.39, 0.29) is 5.97 Å². The number of carboxylic acids is 2. The summed E-state index contributed by atoms with van der Waals surface area (Å²) in [6.45, 7) is 8.89. The molecule has 204 valence electrons. The van der Waals surface area contributed by atoms with E-state index in [1.807, 2.05) is 39.1 Å². The lowest BCUT2D eigenvalue weighted by Crippen LogP contribution is -2.40. The molecule has 2 aromatic rings. The van der Waals surface area contributed by atoms with Crippen molar-refractivity contribution in [2.24, 2.45) is 0 Å². The Kier molecular flexibility index (Phi) is 9.05. The molecule has 3 heterocycles. The number of esters is 1. The van der Waals surface area contributed by atoms with Gasteiger partial charge in [0.15, 0.2) is 5.82 Å². The fraction of sp³-hybridized carbons (Fsp3) is 0.385. The maximum Gasteiger partial charge on any atom is 0.336 e. The van der Waals surface area contributed by atoms with Crippen molar-refractivity contribution < 1.29 is 34.1 Å². The molecule has 1 aromatic carbocycles. The maximum atomic E-state index is 13.1. The highest BCUT2D eigenvalue weighted by Crippen LogP contribution is 2.49. The standard InChI is InChI=1S/C22H27ClN4O3.C4H4O4/c1-5-7-15-18(21(28)29-6-2)17(14-10-25-27-20(14)26-15)13-8-12(23)9-16-19(13)30-22(3,4)11-24-16;5-3(6)1-2-4(7)8/h8-10,17,24H,5-7,11H2,1-4H3,(H2,25,26,27);1-2H,(H,5,6)(H,7,8)/b;2-1-. The van der Waals surface area contributed by atoms with Crippen LogP contribution in [0.2, 0.25) is 5.02 Å². The number of halogens is 1. The molecule has 2 aliphatic rings. The third kappa shape index (κ3) is 6.65. The summed E-state index contributed by atoms with van der Waals surface area (Å²) in [5, 5.41) is 30.2. The number of aliphatic carboxylic acids is 2. The molecule has 1 aromatic heterocycles. The number of aromatic amines is 1. The molecule has 1 atom stereocenters. The Morgan fingerprint density at radius 2 is 1.87 bits per heavy atom. The number of hydrogen-bond acceptors (Lipinski definition) is 8. The van der Waals surface area contributed by atoms with Crippen molar-refractivity contribution in [1.82, 2.24) is 10.2 Å². The van der Waals surface area contributed by atoms with Gasteiger partial charge in [-0.05, 0) is 39.3 Å². The van der Waals surface area contributed by atoms with E-state index in [1.165, 1.54) is 0 Å². The van der Waals surface area contributed by atoms with E-state index >= 15 is 0 Å². The molecule has 0 spiro atoms. The van der Waals surface area contributed by atoms with Gasteiger partial charge in [-0.2, -0.15) is 5.10 Å². The number of H-pyrrole nitrogens is 1. The van der Waals surface area contributed by atoms with Crippen LogP contribution in [0.1, 0.15) is 57.6 Å². The normalized spacial score (nSPS) is 17.1. The first-order valence-corrected chi connectivity index (χ1v) is 12.5.